The van der Waals surface area contributed by atoms with Crippen LogP contribution in [0, 0.1) is 11.8 Å². The van der Waals surface area contributed by atoms with Crippen molar-refractivity contribution in [3.8, 4) is 5.88 Å². The molecule has 4 nitrogen and oxygen atoms in total. The van der Waals surface area contributed by atoms with Crippen LogP contribution in [0.2, 0.25) is 0 Å². The van der Waals surface area contributed by atoms with Crippen molar-refractivity contribution < 1.29 is 4.74 Å². The number of aromatic nitrogens is 2. The van der Waals surface area contributed by atoms with E-state index >= 15 is 0 Å². The molecule has 1 N–H and O–H groups in total. The summed E-state index contributed by atoms with van der Waals surface area (Å²) >= 11 is 0. The van der Waals surface area contributed by atoms with Crippen molar-refractivity contribution in [2.45, 2.75) is 34.1 Å². The van der Waals surface area contributed by atoms with Gasteiger partial charge in [-0.2, -0.15) is 0 Å². The van der Waals surface area contributed by atoms with Gasteiger partial charge in [-0.1, -0.05) is 27.7 Å². The van der Waals surface area contributed by atoms with E-state index in [1.807, 2.05) is 6.07 Å². The number of nitrogens with zero attached hydrogens (tertiary/aromatic N) is 2. The van der Waals surface area contributed by atoms with Gasteiger partial charge in [0.05, 0.1) is 6.61 Å². The van der Waals surface area contributed by atoms with Gasteiger partial charge in [-0.15, -0.1) is 0 Å². The largest absolute Gasteiger partial charge is 0.478 e. The maximum atomic E-state index is 5.46. The van der Waals surface area contributed by atoms with E-state index in [1.165, 1.54) is 6.33 Å². The van der Waals surface area contributed by atoms with Gasteiger partial charge >= 0.3 is 0 Å². The van der Waals surface area contributed by atoms with Crippen LogP contribution >= 0.6 is 0 Å². The molecule has 1 rings (SSSR count). The first kappa shape index (κ1) is 13.7. The molecule has 0 radical (unpaired) electrons. The molecule has 4 heteroatoms. The Balaban J connectivity index is 2.48. The Bertz CT molecular complexity index is 328. The second-order valence-electron chi connectivity index (χ2n) is 4.69. The average Bonchev–Trinajstić information content (AvgIpc) is 2.33. The molecule has 0 saturated heterocycles. The topological polar surface area (TPSA) is 47.0 Å². The first-order valence-corrected chi connectivity index (χ1v) is 6.32. The van der Waals surface area contributed by atoms with Crippen LogP contribution in [0.25, 0.3) is 0 Å². The number of hydrogen-bond donors (Lipinski definition) is 1. The fourth-order valence-electron chi connectivity index (χ4n) is 1.22. The van der Waals surface area contributed by atoms with E-state index < -0.39 is 0 Å². The highest BCUT2D eigenvalue weighted by Crippen LogP contribution is 2.14. The van der Waals surface area contributed by atoms with Crippen LogP contribution in [0.4, 0.5) is 5.82 Å². The van der Waals surface area contributed by atoms with Crippen molar-refractivity contribution in [2.24, 2.45) is 11.8 Å². The Morgan fingerprint density at radius 3 is 2.71 bits per heavy atom. The molecule has 96 valence electrons. The van der Waals surface area contributed by atoms with Crippen molar-refractivity contribution in [1.29, 1.82) is 0 Å². The van der Waals surface area contributed by atoms with Gasteiger partial charge in [0.1, 0.15) is 12.1 Å². The van der Waals surface area contributed by atoms with Gasteiger partial charge in [-0.05, 0) is 18.3 Å². The SMILES string of the molecule is CCCOc1cc(NCC(C)C(C)C)ncn1. The fourth-order valence-corrected chi connectivity index (χ4v) is 1.22. The van der Waals surface area contributed by atoms with Crippen LogP contribution < -0.4 is 10.1 Å². The van der Waals surface area contributed by atoms with E-state index in [0.29, 0.717) is 24.3 Å². The Kier molecular flexibility index (Phi) is 5.73. The molecule has 0 bridgehead atoms. The maximum absolute atomic E-state index is 5.46. The highest BCUT2D eigenvalue weighted by Gasteiger charge is 2.07. The Morgan fingerprint density at radius 2 is 2.06 bits per heavy atom. The molecule has 0 saturated carbocycles. The van der Waals surface area contributed by atoms with E-state index in [9.17, 15) is 0 Å². The smallest absolute Gasteiger partial charge is 0.218 e. The molecular weight excluding hydrogens is 214 g/mol. The summed E-state index contributed by atoms with van der Waals surface area (Å²) in [6.07, 6.45) is 2.52. The van der Waals surface area contributed by atoms with Crippen LogP contribution in [-0.2, 0) is 0 Å². The third-order valence-corrected chi connectivity index (χ3v) is 2.84. The van der Waals surface area contributed by atoms with E-state index in [2.05, 4.69) is 43.0 Å². The zero-order chi connectivity index (χ0) is 12.7. The van der Waals surface area contributed by atoms with Crippen molar-refractivity contribution in [1.82, 2.24) is 9.97 Å². The standard InChI is InChI=1S/C13H23N3O/c1-5-6-17-13-7-12(15-9-16-13)14-8-11(4)10(2)3/h7,9-11H,5-6,8H2,1-4H3,(H,14,15,16). The molecular formula is C13H23N3O. The van der Waals surface area contributed by atoms with Gasteiger partial charge in [0.25, 0.3) is 0 Å². The lowest BCUT2D eigenvalue weighted by Gasteiger charge is -2.16. The molecule has 0 aliphatic heterocycles. The van der Waals surface area contributed by atoms with Gasteiger partial charge in [0, 0.05) is 12.6 Å². The summed E-state index contributed by atoms with van der Waals surface area (Å²) < 4.78 is 5.46. The molecule has 1 atom stereocenters. The quantitative estimate of drug-likeness (QED) is 0.792. The number of anilines is 1. The lowest BCUT2D eigenvalue weighted by Crippen LogP contribution is -2.16. The van der Waals surface area contributed by atoms with Gasteiger partial charge in [-0.25, -0.2) is 9.97 Å². The van der Waals surface area contributed by atoms with Gasteiger partial charge < -0.3 is 10.1 Å². The van der Waals surface area contributed by atoms with Crippen molar-refractivity contribution >= 4 is 5.82 Å². The van der Waals surface area contributed by atoms with Gasteiger partial charge in [0.15, 0.2) is 0 Å². The summed E-state index contributed by atoms with van der Waals surface area (Å²) in [6, 6.07) is 1.85. The van der Waals surface area contributed by atoms with Crippen LogP contribution in [0.15, 0.2) is 12.4 Å². The highest BCUT2D eigenvalue weighted by molar-refractivity contribution is 5.36. The summed E-state index contributed by atoms with van der Waals surface area (Å²) in [4.78, 5) is 8.24. The summed E-state index contributed by atoms with van der Waals surface area (Å²) in [5.74, 6) is 2.75. The lowest BCUT2D eigenvalue weighted by molar-refractivity contribution is 0.305. The minimum atomic E-state index is 0.616. The molecule has 0 aliphatic carbocycles. The minimum absolute atomic E-state index is 0.616. The predicted octanol–water partition coefficient (Wildman–Crippen LogP) is 2.97. The van der Waals surface area contributed by atoms with E-state index in [0.717, 1.165) is 18.8 Å². The fraction of sp³-hybridized carbons (Fsp3) is 0.692. The number of nitrogens with one attached hydrogen (secondary N) is 1. The maximum Gasteiger partial charge on any atom is 0.218 e. The molecule has 0 amide bonds. The first-order valence-electron chi connectivity index (χ1n) is 6.32. The lowest BCUT2D eigenvalue weighted by atomic mass is 9.98. The normalized spacial score (nSPS) is 12.5. The molecule has 0 aliphatic rings. The summed E-state index contributed by atoms with van der Waals surface area (Å²) in [5, 5.41) is 3.31. The van der Waals surface area contributed by atoms with Crippen LogP contribution in [-0.4, -0.2) is 23.1 Å². The molecule has 1 aromatic heterocycles. The zero-order valence-corrected chi connectivity index (χ0v) is 11.2. The van der Waals surface area contributed by atoms with Crippen LogP contribution in [0.3, 0.4) is 0 Å². The Hall–Kier alpha value is -1.32. The average molecular weight is 237 g/mol. The Labute approximate surface area is 104 Å². The summed E-state index contributed by atoms with van der Waals surface area (Å²) in [5.41, 5.74) is 0. The Morgan fingerprint density at radius 1 is 1.29 bits per heavy atom. The van der Waals surface area contributed by atoms with Gasteiger partial charge in [0.2, 0.25) is 5.88 Å². The molecule has 1 heterocycles. The highest BCUT2D eigenvalue weighted by atomic mass is 16.5. The summed E-state index contributed by atoms with van der Waals surface area (Å²) in [6.45, 7) is 10.4. The molecule has 1 aromatic rings. The number of rotatable bonds is 7. The zero-order valence-electron chi connectivity index (χ0n) is 11.2. The van der Waals surface area contributed by atoms with E-state index in [1.54, 1.807) is 0 Å². The van der Waals surface area contributed by atoms with Crippen molar-refractivity contribution in [3.05, 3.63) is 12.4 Å². The molecule has 17 heavy (non-hydrogen) atoms. The van der Waals surface area contributed by atoms with Crippen molar-refractivity contribution in [3.63, 3.8) is 0 Å². The monoisotopic (exact) mass is 237 g/mol. The number of hydrogen-bond acceptors (Lipinski definition) is 4. The number of ether oxygens (including phenoxy) is 1. The summed E-state index contributed by atoms with van der Waals surface area (Å²) in [7, 11) is 0. The second kappa shape index (κ2) is 7.09. The molecule has 0 spiro atoms. The first-order chi connectivity index (χ1) is 8.13. The van der Waals surface area contributed by atoms with Crippen LogP contribution in [0.5, 0.6) is 5.88 Å². The third-order valence-electron chi connectivity index (χ3n) is 2.84. The van der Waals surface area contributed by atoms with Gasteiger partial charge in [-0.3, -0.25) is 0 Å². The van der Waals surface area contributed by atoms with E-state index in [-0.39, 0.29) is 0 Å². The van der Waals surface area contributed by atoms with Crippen LogP contribution in [0.1, 0.15) is 34.1 Å². The molecule has 1 unspecified atom stereocenters. The molecule has 0 aromatic carbocycles. The van der Waals surface area contributed by atoms with Crippen molar-refractivity contribution in [2.75, 3.05) is 18.5 Å². The third kappa shape index (κ3) is 5.02. The minimum Gasteiger partial charge on any atom is -0.478 e. The second-order valence-corrected chi connectivity index (χ2v) is 4.69. The van der Waals surface area contributed by atoms with E-state index in [4.69, 9.17) is 4.74 Å². The predicted molar refractivity (Wildman–Crippen MR) is 70.3 cm³/mol. The molecule has 0 fully saturated rings.